The molecule has 3 N–H and O–H groups in total. The van der Waals surface area contributed by atoms with Crippen LogP contribution in [0.4, 0.5) is 10.6 Å². The SMILES string of the molecule is CC(O)(CNC(=O)Nc1cc(-c2ccccc2)on1)c1ccco1. The Morgan fingerprint density at radius 2 is 2.04 bits per heavy atom. The van der Waals surface area contributed by atoms with Crippen molar-refractivity contribution in [3.63, 3.8) is 0 Å². The molecule has 0 aliphatic rings. The van der Waals surface area contributed by atoms with Crippen molar-refractivity contribution in [2.45, 2.75) is 12.5 Å². The van der Waals surface area contributed by atoms with E-state index < -0.39 is 11.6 Å². The molecule has 0 spiro atoms. The molecule has 0 aliphatic carbocycles. The van der Waals surface area contributed by atoms with Gasteiger partial charge in [0.05, 0.1) is 12.8 Å². The highest BCUT2D eigenvalue weighted by molar-refractivity contribution is 5.88. The molecule has 2 amide bonds. The van der Waals surface area contributed by atoms with Gasteiger partial charge in [-0.15, -0.1) is 0 Å². The highest BCUT2D eigenvalue weighted by atomic mass is 16.5. The quantitative estimate of drug-likeness (QED) is 0.669. The summed E-state index contributed by atoms with van der Waals surface area (Å²) in [6.45, 7) is 1.53. The molecular formula is C17H17N3O4. The molecule has 7 nitrogen and oxygen atoms in total. The van der Waals surface area contributed by atoms with Crippen molar-refractivity contribution < 1.29 is 18.8 Å². The van der Waals surface area contributed by atoms with Crippen LogP contribution in [0.1, 0.15) is 12.7 Å². The first-order chi connectivity index (χ1) is 11.5. The number of nitrogens with zero attached hydrogens (tertiary/aromatic N) is 1. The number of hydrogen-bond donors (Lipinski definition) is 3. The van der Waals surface area contributed by atoms with E-state index in [2.05, 4.69) is 15.8 Å². The molecule has 1 atom stereocenters. The van der Waals surface area contributed by atoms with Crippen molar-refractivity contribution in [3.05, 3.63) is 60.6 Å². The van der Waals surface area contributed by atoms with E-state index in [0.717, 1.165) is 5.56 Å². The maximum absolute atomic E-state index is 11.9. The molecule has 0 saturated carbocycles. The van der Waals surface area contributed by atoms with E-state index in [1.54, 1.807) is 25.1 Å². The summed E-state index contributed by atoms with van der Waals surface area (Å²) in [4.78, 5) is 11.9. The van der Waals surface area contributed by atoms with Crippen molar-refractivity contribution >= 4 is 11.8 Å². The minimum absolute atomic E-state index is 0.0181. The van der Waals surface area contributed by atoms with Crippen LogP contribution in [0.3, 0.4) is 0 Å². The minimum Gasteiger partial charge on any atom is -0.466 e. The van der Waals surface area contributed by atoms with Gasteiger partial charge in [-0.2, -0.15) is 0 Å². The number of amides is 2. The lowest BCUT2D eigenvalue weighted by Gasteiger charge is -2.20. The highest BCUT2D eigenvalue weighted by Crippen LogP contribution is 2.22. The number of aromatic nitrogens is 1. The lowest BCUT2D eigenvalue weighted by molar-refractivity contribution is 0.0372. The Morgan fingerprint density at radius 1 is 1.25 bits per heavy atom. The maximum Gasteiger partial charge on any atom is 0.320 e. The fourth-order valence-electron chi connectivity index (χ4n) is 2.16. The standard InChI is InChI=1S/C17H17N3O4/c1-17(22,14-8-5-9-23-14)11-18-16(21)19-15-10-13(24-20-15)12-6-3-2-4-7-12/h2-10,22H,11H2,1H3,(H2,18,19,20,21). The molecule has 1 unspecified atom stereocenters. The average molecular weight is 327 g/mol. The van der Waals surface area contributed by atoms with Gasteiger partial charge >= 0.3 is 6.03 Å². The Bertz CT molecular complexity index is 794. The second-order valence-corrected chi connectivity index (χ2v) is 5.50. The third kappa shape index (κ3) is 3.64. The van der Waals surface area contributed by atoms with Crippen LogP contribution < -0.4 is 10.6 Å². The monoisotopic (exact) mass is 327 g/mol. The van der Waals surface area contributed by atoms with Gasteiger partial charge in [0.1, 0.15) is 11.4 Å². The molecule has 2 aromatic heterocycles. The van der Waals surface area contributed by atoms with E-state index in [1.807, 2.05) is 30.3 Å². The van der Waals surface area contributed by atoms with E-state index in [0.29, 0.717) is 11.5 Å². The Balaban J connectivity index is 1.57. The highest BCUT2D eigenvalue weighted by Gasteiger charge is 2.26. The molecule has 24 heavy (non-hydrogen) atoms. The predicted molar refractivity (Wildman–Crippen MR) is 87.2 cm³/mol. The van der Waals surface area contributed by atoms with E-state index in [1.165, 1.54) is 6.26 Å². The molecule has 3 rings (SSSR count). The first-order valence-corrected chi connectivity index (χ1v) is 7.38. The second kappa shape index (κ2) is 6.59. The fourth-order valence-corrected chi connectivity index (χ4v) is 2.16. The van der Waals surface area contributed by atoms with Crippen LogP contribution in [0.25, 0.3) is 11.3 Å². The fraction of sp³-hybridized carbons (Fsp3) is 0.176. The van der Waals surface area contributed by atoms with Gasteiger partial charge < -0.3 is 19.4 Å². The van der Waals surface area contributed by atoms with Gasteiger partial charge in [-0.1, -0.05) is 35.5 Å². The minimum atomic E-state index is -1.31. The number of anilines is 1. The van der Waals surface area contributed by atoms with E-state index >= 15 is 0 Å². The van der Waals surface area contributed by atoms with Gasteiger partial charge in [-0.25, -0.2) is 4.79 Å². The Kier molecular flexibility index (Phi) is 4.35. The number of nitrogens with one attached hydrogen (secondary N) is 2. The molecule has 0 radical (unpaired) electrons. The number of carbonyl (C=O) groups excluding carboxylic acids is 1. The lowest BCUT2D eigenvalue weighted by Crippen LogP contribution is -2.40. The maximum atomic E-state index is 11.9. The molecule has 124 valence electrons. The summed E-state index contributed by atoms with van der Waals surface area (Å²) in [6.07, 6.45) is 1.46. The van der Waals surface area contributed by atoms with Crippen molar-refractivity contribution in [1.82, 2.24) is 10.5 Å². The number of rotatable bonds is 5. The predicted octanol–water partition coefficient (Wildman–Crippen LogP) is 2.96. The molecule has 0 aliphatic heterocycles. The molecule has 0 saturated heterocycles. The van der Waals surface area contributed by atoms with Gasteiger partial charge in [-0.3, -0.25) is 5.32 Å². The largest absolute Gasteiger partial charge is 0.466 e. The summed E-state index contributed by atoms with van der Waals surface area (Å²) in [7, 11) is 0. The van der Waals surface area contributed by atoms with Gasteiger partial charge in [0.15, 0.2) is 11.6 Å². The van der Waals surface area contributed by atoms with Gasteiger partial charge in [-0.05, 0) is 19.1 Å². The molecule has 0 fully saturated rings. The van der Waals surface area contributed by atoms with Crippen LogP contribution in [0.2, 0.25) is 0 Å². The Morgan fingerprint density at radius 3 is 2.75 bits per heavy atom. The third-order valence-corrected chi connectivity index (χ3v) is 3.46. The summed E-state index contributed by atoms with van der Waals surface area (Å²) in [5.41, 5.74) is -0.445. The summed E-state index contributed by atoms with van der Waals surface area (Å²) < 4.78 is 10.4. The van der Waals surface area contributed by atoms with Gasteiger partial charge in [0.25, 0.3) is 0 Å². The number of hydrogen-bond acceptors (Lipinski definition) is 5. The first kappa shape index (κ1) is 15.8. The van der Waals surface area contributed by atoms with Crippen molar-refractivity contribution in [1.29, 1.82) is 0 Å². The van der Waals surface area contributed by atoms with E-state index in [4.69, 9.17) is 8.94 Å². The van der Waals surface area contributed by atoms with E-state index in [-0.39, 0.29) is 12.4 Å². The lowest BCUT2D eigenvalue weighted by atomic mass is 10.0. The second-order valence-electron chi connectivity index (χ2n) is 5.50. The number of benzene rings is 1. The van der Waals surface area contributed by atoms with Crippen molar-refractivity contribution in [3.8, 4) is 11.3 Å². The normalized spacial score (nSPS) is 13.2. The van der Waals surface area contributed by atoms with Crippen LogP contribution in [0, 0.1) is 0 Å². The first-order valence-electron chi connectivity index (χ1n) is 7.38. The van der Waals surface area contributed by atoms with Gasteiger partial charge in [0, 0.05) is 11.6 Å². The van der Waals surface area contributed by atoms with Gasteiger partial charge in [0.2, 0.25) is 0 Å². The smallest absolute Gasteiger partial charge is 0.320 e. The topological polar surface area (TPSA) is 101 Å². The van der Waals surface area contributed by atoms with Crippen molar-refractivity contribution in [2.75, 3.05) is 11.9 Å². The van der Waals surface area contributed by atoms with E-state index in [9.17, 15) is 9.90 Å². The number of carbonyl (C=O) groups is 1. The molecular weight excluding hydrogens is 310 g/mol. The summed E-state index contributed by atoms with van der Waals surface area (Å²) in [5.74, 6) is 1.20. The zero-order valence-electron chi connectivity index (χ0n) is 13.0. The zero-order valence-corrected chi connectivity index (χ0v) is 13.0. The van der Waals surface area contributed by atoms with Crippen LogP contribution in [-0.2, 0) is 5.60 Å². The third-order valence-electron chi connectivity index (χ3n) is 3.46. The molecule has 1 aromatic carbocycles. The summed E-state index contributed by atoms with van der Waals surface area (Å²) in [5, 5.41) is 19.2. The molecule has 7 heteroatoms. The molecule has 2 heterocycles. The summed E-state index contributed by atoms with van der Waals surface area (Å²) in [6, 6.07) is 13.9. The van der Waals surface area contributed by atoms with Crippen LogP contribution in [0.5, 0.6) is 0 Å². The zero-order chi connectivity index (χ0) is 17.0. The average Bonchev–Trinajstić information content (AvgIpc) is 3.26. The molecule has 3 aromatic rings. The Labute approximate surface area is 138 Å². The van der Waals surface area contributed by atoms with Crippen LogP contribution >= 0.6 is 0 Å². The Hall–Kier alpha value is -3.06. The summed E-state index contributed by atoms with van der Waals surface area (Å²) >= 11 is 0. The van der Waals surface area contributed by atoms with Crippen LogP contribution in [-0.4, -0.2) is 22.8 Å². The van der Waals surface area contributed by atoms with Crippen molar-refractivity contribution in [2.24, 2.45) is 0 Å². The number of urea groups is 1. The van der Waals surface area contributed by atoms with Crippen LogP contribution in [0.15, 0.2) is 63.7 Å². The molecule has 0 bridgehead atoms. The number of aliphatic hydroxyl groups is 1. The number of furan rings is 1.